The fourth-order valence-electron chi connectivity index (χ4n) is 2.96. The van der Waals surface area contributed by atoms with Crippen LogP contribution in [0.4, 0.5) is 0 Å². The molecule has 0 aliphatic heterocycles. The molecule has 0 spiro atoms. The van der Waals surface area contributed by atoms with Crippen LogP contribution in [-0.4, -0.2) is 16.2 Å². The van der Waals surface area contributed by atoms with E-state index in [9.17, 15) is 20.1 Å². The smallest absolute Gasteiger partial charge is 0.545 e. The van der Waals surface area contributed by atoms with Crippen LogP contribution in [0.1, 0.15) is 80.9 Å². The molecule has 0 saturated heterocycles. The number of aromatic hydroxyl groups is 2. The Bertz CT molecular complexity index is 710. The second-order valence-electron chi connectivity index (χ2n) is 7.22. The summed E-state index contributed by atoms with van der Waals surface area (Å²) in [5, 5.41) is 33.2. The first-order valence-corrected chi connectivity index (χ1v) is 9.27. The second kappa shape index (κ2) is 12.3. The minimum atomic E-state index is -1.40. The summed E-state index contributed by atoms with van der Waals surface area (Å²) in [6.07, 6.45) is 7.76. The topological polar surface area (TPSA) is 80.6 Å². The van der Waals surface area contributed by atoms with Crippen molar-refractivity contribution in [2.45, 2.75) is 73.1 Å². The maximum atomic E-state index is 11.8. The van der Waals surface area contributed by atoms with Gasteiger partial charge in [-0.2, -0.15) is 0 Å². The molecule has 0 aliphatic rings. The van der Waals surface area contributed by atoms with Gasteiger partial charge in [-0.1, -0.05) is 43.1 Å². The summed E-state index contributed by atoms with van der Waals surface area (Å²) < 4.78 is 0. The number of carboxylic acids is 1. The molecule has 1 aromatic carbocycles. The molecule has 144 valence electrons. The van der Waals surface area contributed by atoms with Gasteiger partial charge in [0.2, 0.25) is 0 Å². The van der Waals surface area contributed by atoms with Crippen molar-refractivity contribution in [3.63, 3.8) is 0 Å². The molecule has 0 aliphatic carbocycles. The molecule has 5 heteroatoms. The normalized spacial score (nSPS) is 10.1. The fourth-order valence-corrected chi connectivity index (χ4v) is 2.96. The molecule has 0 aromatic heterocycles. The summed E-state index contributed by atoms with van der Waals surface area (Å²) in [6, 6.07) is 0. The maximum Gasteiger partial charge on any atom is 1.00 e. The Morgan fingerprint density at radius 3 is 1.85 bits per heavy atom. The SMILES string of the molecule is CCCCCc1c(CC=C(C)C)c(O)c(CC=C(C)C)c(O)c1C(=O)[O-].[Na+]. The van der Waals surface area contributed by atoms with E-state index < -0.39 is 5.97 Å². The van der Waals surface area contributed by atoms with E-state index in [1.165, 1.54) is 0 Å². The zero-order valence-corrected chi connectivity index (χ0v) is 19.6. The molecular weight excluding hydrogens is 351 g/mol. The Morgan fingerprint density at radius 2 is 1.41 bits per heavy atom. The first kappa shape index (κ1) is 25.8. The van der Waals surface area contributed by atoms with Crippen molar-refractivity contribution in [2.75, 3.05) is 0 Å². The number of phenols is 2. The summed E-state index contributed by atoms with van der Waals surface area (Å²) >= 11 is 0. The molecular formula is C22H31NaO4. The summed E-state index contributed by atoms with van der Waals surface area (Å²) in [4.78, 5) is 11.8. The number of hydrogen-bond donors (Lipinski definition) is 2. The molecule has 0 fully saturated rings. The van der Waals surface area contributed by atoms with Crippen molar-refractivity contribution in [2.24, 2.45) is 0 Å². The van der Waals surface area contributed by atoms with Crippen LogP contribution < -0.4 is 34.7 Å². The number of unbranched alkanes of at least 4 members (excludes halogenated alkanes) is 2. The first-order valence-electron chi connectivity index (χ1n) is 9.27. The number of phenolic OH excluding ortho intramolecular Hbond substituents is 1. The Balaban J connectivity index is 0.00000676. The number of allylic oxidation sites excluding steroid dienone is 4. The molecule has 0 unspecified atom stereocenters. The van der Waals surface area contributed by atoms with E-state index in [-0.39, 0.29) is 58.6 Å². The summed E-state index contributed by atoms with van der Waals surface area (Å²) in [5.74, 6) is -1.77. The number of rotatable bonds is 9. The van der Waals surface area contributed by atoms with Gasteiger partial charge in [-0.25, -0.2) is 0 Å². The standard InChI is InChI=1S/C22H32O4.Na/c1-6-7-8-9-16-17(12-10-14(2)3)20(23)18(13-11-15(4)5)21(24)19(16)22(25)26;/h10-11,23-24H,6-9,12-13H2,1-5H3,(H,25,26);/q;+1/p-1. The van der Waals surface area contributed by atoms with Crippen molar-refractivity contribution >= 4 is 5.97 Å². The zero-order valence-electron chi connectivity index (χ0n) is 17.6. The van der Waals surface area contributed by atoms with Crippen molar-refractivity contribution < 1.29 is 49.7 Å². The van der Waals surface area contributed by atoms with E-state index in [4.69, 9.17) is 0 Å². The minimum absolute atomic E-state index is 0. The number of carbonyl (C=O) groups excluding carboxylic acids is 1. The number of benzene rings is 1. The van der Waals surface area contributed by atoms with Gasteiger partial charge in [0, 0.05) is 16.7 Å². The van der Waals surface area contributed by atoms with Crippen molar-refractivity contribution in [1.82, 2.24) is 0 Å². The van der Waals surface area contributed by atoms with E-state index in [1.54, 1.807) is 0 Å². The van der Waals surface area contributed by atoms with E-state index in [0.717, 1.165) is 30.4 Å². The molecule has 0 atom stereocenters. The van der Waals surface area contributed by atoms with Crippen LogP contribution in [0.15, 0.2) is 23.3 Å². The van der Waals surface area contributed by atoms with Gasteiger partial charge in [-0.05, 0) is 58.9 Å². The summed E-state index contributed by atoms with van der Waals surface area (Å²) in [5.41, 5.74) is 3.26. The predicted octanol–water partition coefficient (Wildman–Crippen LogP) is 1.22. The van der Waals surface area contributed by atoms with Crippen LogP contribution in [0.25, 0.3) is 0 Å². The first-order chi connectivity index (χ1) is 12.2. The molecule has 0 heterocycles. The Hall–Kier alpha value is -1.23. The maximum absolute atomic E-state index is 11.8. The van der Waals surface area contributed by atoms with Gasteiger partial charge in [-0.3, -0.25) is 0 Å². The van der Waals surface area contributed by atoms with E-state index in [1.807, 2.05) is 39.8 Å². The summed E-state index contributed by atoms with van der Waals surface area (Å²) in [6.45, 7) is 9.81. The quantitative estimate of drug-likeness (QED) is 0.382. The van der Waals surface area contributed by atoms with Gasteiger partial charge >= 0.3 is 29.6 Å². The molecule has 0 saturated carbocycles. The average molecular weight is 382 g/mol. The van der Waals surface area contributed by atoms with Gasteiger partial charge in [0.1, 0.15) is 11.5 Å². The average Bonchev–Trinajstić information content (AvgIpc) is 2.53. The van der Waals surface area contributed by atoms with Gasteiger partial charge in [0.15, 0.2) is 0 Å². The second-order valence-corrected chi connectivity index (χ2v) is 7.22. The monoisotopic (exact) mass is 382 g/mol. The number of carbonyl (C=O) groups is 1. The van der Waals surface area contributed by atoms with Crippen molar-refractivity contribution in [1.29, 1.82) is 0 Å². The third-order valence-electron chi connectivity index (χ3n) is 4.42. The van der Waals surface area contributed by atoms with Crippen LogP contribution in [0.2, 0.25) is 0 Å². The zero-order chi connectivity index (χ0) is 19.9. The van der Waals surface area contributed by atoms with Crippen LogP contribution in [0.3, 0.4) is 0 Å². The Labute approximate surface area is 185 Å². The van der Waals surface area contributed by atoms with Gasteiger partial charge < -0.3 is 20.1 Å². The Kier molecular flexibility index (Phi) is 11.7. The minimum Gasteiger partial charge on any atom is -0.545 e. The van der Waals surface area contributed by atoms with Gasteiger partial charge in [-0.15, -0.1) is 0 Å². The molecule has 1 aromatic rings. The molecule has 0 radical (unpaired) electrons. The number of carboxylic acid groups (broad SMARTS) is 1. The molecule has 1 rings (SSSR count). The van der Waals surface area contributed by atoms with E-state index in [2.05, 4.69) is 6.92 Å². The van der Waals surface area contributed by atoms with Crippen molar-refractivity contribution in [3.05, 3.63) is 45.6 Å². The van der Waals surface area contributed by atoms with Gasteiger partial charge in [0.25, 0.3) is 0 Å². The number of hydrogen-bond acceptors (Lipinski definition) is 4. The van der Waals surface area contributed by atoms with E-state index in [0.29, 0.717) is 24.0 Å². The Morgan fingerprint density at radius 1 is 0.889 bits per heavy atom. The van der Waals surface area contributed by atoms with E-state index >= 15 is 0 Å². The van der Waals surface area contributed by atoms with Gasteiger partial charge in [0.05, 0.1) is 5.97 Å². The predicted molar refractivity (Wildman–Crippen MR) is 104 cm³/mol. The molecule has 0 amide bonds. The van der Waals surface area contributed by atoms with Crippen molar-refractivity contribution in [3.8, 4) is 11.5 Å². The molecule has 27 heavy (non-hydrogen) atoms. The van der Waals surface area contributed by atoms with Crippen LogP contribution in [-0.2, 0) is 19.3 Å². The molecule has 2 N–H and O–H groups in total. The van der Waals surface area contributed by atoms with Crippen LogP contribution in [0, 0.1) is 0 Å². The largest absolute Gasteiger partial charge is 1.00 e. The number of aromatic carboxylic acids is 1. The third-order valence-corrected chi connectivity index (χ3v) is 4.42. The third kappa shape index (κ3) is 7.36. The molecule has 0 bridgehead atoms. The van der Waals surface area contributed by atoms with Crippen LogP contribution >= 0.6 is 0 Å². The fraction of sp³-hybridized carbons (Fsp3) is 0.500. The molecule has 4 nitrogen and oxygen atoms in total. The van der Waals surface area contributed by atoms with Crippen LogP contribution in [0.5, 0.6) is 11.5 Å². The summed E-state index contributed by atoms with van der Waals surface area (Å²) in [7, 11) is 0.